The second-order valence-electron chi connectivity index (χ2n) is 5.48. The fourth-order valence-corrected chi connectivity index (χ4v) is 2.52. The van der Waals surface area contributed by atoms with Crippen molar-refractivity contribution in [3.8, 4) is 0 Å². The average molecular weight is 275 g/mol. The lowest BCUT2D eigenvalue weighted by atomic mass is 10.1. The molecule has 3 N–H and O–H groups in total. The van der Waals surface area contributed by atoms with Gasteiger partial charge in [-0.05, 0) is 43.5 Å². The summed E-state index contributed by atoms with van der Waals surface area (Å²) >= 11 is 0. The maximum Gasteiger partial charge on any atom is 0.241 e. The first-order chi connectivity index (χ1) is 9.70. The van der Waals surface area contributed by atoms with Gasteiger partial charge in [-0.3, -0.25) is 4.79 Å². The number of benzene rings is 1. The first-order valence-electron chi connectivity index (χ1n) is 7.62. The van der Waals surface area contributed by atoms with Crippen molar-refractivity contribution in [2.45, 2.75) is 45.1 Å². The summed E-state index contributed by atoms with van der Waals surface area (Å²) in [7, 11) is 0. The van der Waals surface area contributed by atoms with Crippen LogP contribution >= 0.6 is 0 Å². The Morgan fingerprint density at radius 3 is 2.55 bits per heavy atom. The van der Waals surface area contributed by atoms with E-state index < -0.39 is 6.04 Å². The average Bonchev–Trinajstić information content (AvgIpc) is 2.99. The Balaban J connectivity index is 1.88. The Morgan fingerprint density at radius 1 is 1.30 bits per heavy atom. The number of carbonyl (C=O) groups excluding carboxylic acids is 1. The number of rotatable bonds is 6. The SMILES string of the molecule is CCCC[C@H](N)C(=O)Nc1ccc(N2CCCC2)cc1. The molecule has 110 valence electrons. The summed E-state index contributed by atoms with van der Waals surface area (Å²) in [4.78, 5) is 14.3. The van der Waals surface area contributed by atoms with Gasteiger partial charge in [-0.1, -0.05) is 19.8 Å². The van der Waals surface area contributed by atoms with E-state index in [-0.39, 0.29) is 5.91 Å². The Hall–Kier alpha value is -1.55. The highest BCUT2D eigenvalue weighted by Crippen LogP contribution is 2.22. The summed E-state index contributed by atoms with van der Waals surface area (Å²) in [6.45, 7) is 4.36. The summed E-state index contributed by atoms with van der Waals surface area (Å²) in [6, 6.07) is 7.64. The molecule has 1 heterocycles. The largest absolute Gasteiger partial charge is 0.372 e. The molecule has 0 bridgehead atoms. The molecule has 1 atom stereocenters. The zero-order valence-corrected chi connectivity index (χ0v) is 12.3. The Bertz CT molecular complexity index is 424. The van der Waals surface area contributed by atoms with Gasteiger partial charge in [0.25, 0.3) is 0 Å². The summed E-state index contributed by atoms with van der Waals surface area (Å²) in [5, 5.41) is 2.89. The maximum atomic E-state index is 11.9. The third kappa shape index (κ3) is 3.97. The second-order valence-corrected chi connectivity index (χ2v) is 5.48. The minimum Gasteiger partial charge on any atom is -0.372 e. The highest BCUT2D eigenvalue weighted by atomic mass is 16.2. The topological polar surface area (TPSA) is 58.4 Å². The van der Waals surface area contributed by atoms with Crippen LogP contribution in [0, 0.1) is 0 Å². The van der Waals surface area contributed by atoms with Gasteiger partial charge in [0.2, 0.25) is 5.91 Å². The van der Waals surface area contributed by atoms with Gasteiger partial charge in [-0.15, -0.1) is 0 Å². The van der Waals surface area contributed by atoms with E-state index in [0.29, 0.717) is 0 Å². The van der Waals surface area contributed by atoms with Crippen LogP contribution in [-0.4, -0.2) is 25.0 Å². The minimum absolute atomic E-state index is 0.0904. The highest BCUT2D eigenvalue weighted by Gasteiger charge is 2.14. The van der Waals surface area contributed by atoms with Crippen molar-refractivity contribution in [1.82, 2.24) is 0 Å². The van der Waals surface area contributed by atoms with Crippen LogP contribution in [0.25, 0.3) is 0 Å². The maximum absolute atomic E-state index is 11.9. The number of nitrogens with zero attached hydrogens (tertiary/aromatic N) is 1. The number of carbonyl (C=O) groups is 1. The van der Waals surface area contributed by atoms with Crippen LogP contribution in [0.4, 0.5) is 11.4 Å². The van der Waals surface area contributed by atoms with Crippen molar-refractivity contribution < 1.29 is 4.79 Å². The van der Waals surface area contributed by atoms with E-state index in [1.165, 1.54) is 18.5 Å². The van der Waals surface area contributed by atoms with Gasteiger partial charge in [0.1, 0.15) is 0 Å². The van der Waals surface area contributed by atoms with Crippen molar-refractivity contribution in [3.05, 3.63) is 24.3 Å². The van der Waals surface area contributed by atoms with Gasteiger partial charge in [-0.25, -0.2) is 0 Å². The zero-order chi connectivity index (χ0) is 14.4. The van der Waals surface area contributed by atoms with E-state index in [1.54, 1.807) is 0 Å². The molecule has 1 saturated heterocycles. The van der Waals surface area contributed by atoms with Crippen LogP contribution in [0.1, 0.15) is 39.0 Å². The van der Waals surface area contributed by atoms with Crippen LogP contribution in [0.5, 0.6) is 0 Å². The van der Waals surface area contributed by atoms with Gasteiger partial charge in [0, 0.05) is 24.5 Å². The molecule has 0 spiro atoms. The van der Waals surface area contributed by atoms with E-state index in [0.717, 1.165) is 38.0 Å². The lowest BCUT2D eigenvalue weighted by Gasteiger charge is -2.18. The highest BCUT2D eigenvalue weighted by molar-refractivity contribution is 5.94. The second kappa shape index (κ2) is 7.29. The van der Waals surface area contributed by atoms with Crippen LogP contribution in [0.3, 0.4) is 0 Å². The molecule has 0 aliphatic carbocycles. The molecule has 1 amide bonds. The van der Waals surface area contributed by atoms with Gasteiger partial charge in [0.05, 0.1) is 6.04 Å². The smallest absolute Gasteiger partial charge is 0.241 e. The molecule has 0 aromatic heterocycles. The Kier molecular flexibility index (Phi) is 5.41. The van der Waals surface area contributed by atoms with Crippen molar-refractivity contribution >= 4 is 17.3 Å². The van der Waals surface area contributed by atoms with E-state index >= 15 is 0 Å². The molecule has 1 fully saturated rings. The molecule has 0 radical (unpaired) electrons. The minimum atomic E-state index is -0.409. The number of hydrogen-bond donors (Lipinski definition) is 2. The van der Waals surface area contributed by atoms with E-state index in [4.69, 9.17) is 5.73 Å². The fourth-order valence-electron chi connectivity index (χ4n) is 2.52. The van der Waals surface area contributed by atoms with Gasteiger partial charge >= 0.3 is 0 Å². The monoisotopic (exact) mass is 275 g/mol. The molecule has 1 aromatic rings. The lowest BCUT2D eigenvalue weighted by molar-refractivity contribution is -0.117. The predicted octanol–water partition coefficient (Wildman–Crippen LogP) is 2.74. The quantitative estimate of drug-likeness (QED) is 0.839. The van der Waals surface area contributed by atoms with Gasteiger partial charge in [0.15, 0.2) is 0 Å². The summed E-state index contributed by atoms with van der Waals surface area (Å²) in [6.07, 6.45) is 5.33. The van der Waals surface area contributed by atoms with Gasteiger partial charge in [-0.2, -0.15) is 0 Å². The summed E-state index contributed by atoms with van der Waals surface area (Å²) in [5.41, 5.74) is 7.92. The third-order valence-corrected chi connectivity index (χ3v) is 3.81. The summed E-state index contributed by atoms with van der Waals surface area (Å²) in [5.74, 6) is -0.0904. The standard InChI is InChI=1S/C16H25N3O/c1-2-3-6-15(17)16(20)18-13-7-9-14(10-8-13)19-11-4-5-12-19/h7-10,15H,2-6,11-12,17H2,1H3,(H,18,20)/t15-/m0/s1. The molecular weight excluding hydrogens is 250 g/mol. The predicted molar refractivity (Wildman–Crippen MR) is 84.0 cm³/mol. The zero-order valence-electron chi connectivity index (χ0n) is 12.3. The van der Waals surface area contributed by atoms with Crippen molar-refractivity contribution in [2.24, 2.45) is 5.73 Å². The van der Waals surface area contributed by atoms with E-state index in [9.17, 15) is 4.79 Å². The number of anilines is 2. The lowest BCUT2D eigenvalue weighted by Crippen LogP contribution is -2.35. The molecule has 0 saturated carbocycles. The van der Waals surface area contributed by atoms with Crippen LogP contribution in [0.15, 0.2) is 24.3 Å². The molecule has 20 heavy (non-hydrogen) atoms. The van der Waals surface area contributed by atoms with Crippen LogP contribution in [0.2, 0.25) is 0 Å². The molecule has 4 nitrogen and oxygen atoms in total. The number of unbranched alkanes of at least 4 members (excludes halogenated alkanes) is 1. The van der Waals surface area contributed by atoms with E-state index in [2.05, 4.69) is 29.3 Å². The normalized spacial score (nSPS) is 16.2. The van der Waals surface area contributed by atoms with Crippen LogP contribution in [-0.2, 0) is 4.79 Å². The number of nitrogens with one attached hydrogen (secondary N) is 1. The number of nitrogens with two attached hydrogens (primary N) is 1. The molecule has 1 aliphatic rings. The first-order valence-corrected chi connectivity index (χ1v) is 7.62. The van der Waals surface area contributed by atoms with Gasteiger partial charge < -0.3 is 16.0 Å². The molecular formula is C16H25N3O. The Labute approximate surface area is 121 Å². The Morgan fingerprint density at radius 2 is 1.95 bits per heavy atom. The number of hydrogen-bond acceptors (Lipinski definition) is 3. The molecule has 2 rings (SSSR count). The fraction of sp³-hybridized carbons (Fsp3) is 0.562. The van der Waals surface area contributed by atoms with Crippen molar-refractivity contribution in [2.75, 3.05) is 23.3 Å². The third-order valence-electron chi connectivity index (χ3n) is 3.81. The van der Waals surface area contributed by atoms with Crippen molar-refractivity contribution in [3.63, 3.8) is 0 Å². The molecule has 0 unspecified atom stereocenters. The first kappa shape index (κ1) is 14.9. The van der Waals surface area contributed by atoms with E-state index in [1.807, 2.05) is 12.1 Å². The molecule has 1 aliphatic heterocycles. The number of amides is 1. The van der Waals surface area contributed by atoms with Crippen LogP contribution < -0.4 is 16.0 Å². The molecule has 4 heteroatoms. The van der Waals surface area contributed by atoms with Crippen molar-refractivity contribution in [1.29, 1.82) is 0 Å². The molecule has 1 aromatic carbocycles. The summed E-state index contributed by atoms with van der Waals surface area (Å²) < 4.78 is 0.